The third kappa shape index (κ3) is 5.87. The lowest BCUT2D eigenvalue weighted by atomic mass is 9.83. The number of hydrogen-bond acceptors (Lipinski definition) is 3. The number of amides is 1. The Labute approximate surface area is 246 Å². The predicted octanol–water partition coefficient (Wildman–Crippen LogP) is 7.94. The van der Waals surface area contributed by atoms with Crippen molar-refractivity contribution in [2.24, 2.45) is 0 Å². The molecule has 5 nitrogen and oxygen atoms in total. The van der Waals surface area contributed by atoms with Crippen LogP contribution in [-0.4, -0.2) is 38.6 Å². The van der Waals surface area contributed by atoms with E-state index in [1.165, 1.54) is 12.1 Å². The third-order valence-electron chi connectivity index (χ3n) is 7.47. The molecule has 0 spiro atoms. The van der Waals surface area contributed by atoms with Crippen LogP contribution in [0.1, 0.15) is 53.5 Å². The van der Waals surface area contributed by atoms with Gasteiger partial charge in [-0.1, -0.05) is 60.8 Å². The summed E-state index contributed by atoms with van der Waals surface area (Å²) in [5.74, 6) is 0.211. The van der Waals surface area contributed by atoms with Gasteiger partial charge in [0.15, 0.2) is 5.69 Å². The minimum Gasteiger partial charge on any atom is -0.385 e. The molecular formula is C31H28Cl2F3N3O2. The van der Waals surface area contributed by atoms with Gasteiger partial charge in [0.2, 0.25) is 0 Å². The van der Waals surface area contributed by atoms with Crippen molar-refractivity contribution in [3.63, 3.8) is 0 Å². The van der Waals surface area contributed by atoms with Crippen LogP contribution in [0.15, 0.2) is 72.8 Å². The lowest BCUT2D eigenvalue weighted by Crippen LogP contribution is -2.45. The molecular weight excluding hydrogens is 574 g/mol. The second-order valence-corrected chi connectivity index (χ2v) is 11.0. The average molecular weight is 602 g/mol. The first-order chi connectivity index (χ1) is 19.5. The Morgan fingerprint density at radius 3 is 2.32 bits per heavy atom. The van der Waals surface area contributed by atoms with E-state index in [1.54, 1.807) is 23.1 Å². The van der Waals surface area contributed by atoms with Crippen LogP contribution in [0, 0.1) is 0 Å². The van der Waals surface area contributed by atoms with Crippen molar-refractivity contribution in [3.05, 3.63) is 105 Å². The monoisotopic (exact) mass is 601 g/mol. The van der Waals surface area contributed by atoms with Crippen LogP contribution in [0.2, 0.25) is 10.0 Å². The SMILES string of the molecule is CCCc1c(C(=O)N2CCC(O)(c3cccc(C(F)(F)F)c3)CC2)nc(-c2ccccc2Cl)n1-c1ccc(Cl)cc1. The fourth-order valence-corrected chi connectivity index (χ4v) is 5.63. The Morgan fingerprint density at radius 2 is 1.68 bits per heavy atom. The van der Waals surface area contributed by atoms with Crippen molar-refractivity contribution in [1.29, 1.82) is 0 Å². The van der Waals surface area contributed by atoms with E-state index in [1.807, 2.05) is 41.8 Å². The van der Waals surface area contributed by atoms with Gasteiger partial charge in [-0.05, 0) is 73.4 Å². The highest BCUT2D eigenvalue weighted by Gasteiger charge is 2.39. The maximum absolute atomic E-state index is 14.0. The number of alkyl halides is 3. The molecule has 0 bridgehead atoms. The number of likely N-dealkylation sites (tertiary alicyclic amines) is 1. The lowest BCUT2D eigenvalue weighted by Gasteiger charge is -2.38. The molecule has 4 aromatic rings. The molecule has 214 valence electrons. The van der Waals surface area contributed by atoms with Crippen LogP contribution in [0.3, 0.4) is 0 Å². The van der Waals surface area contributed by atoms with Crippen molar-refractivity contribution in [2.75, 3.05) is 13.1 Å². The molecule has 1 amide bonds. The molecule has 0 radical (unpaired) electrons. The summed E-state index contributed by atoms with van der Waals surface area (Å²) in [7, 11) is 0. The first-order valence-electron chi connectivity index (χ1n) is 13.3. The number of benzene rings is 3. The molecule has 1 saturated heterocycles. The van der Waals surface area contributed by atoms with Crippen LogP contribution < -0.4 is 0 Å². The van der Waals surface area contributed by atoms with E-state index in [-0.39, 0.29) is 43.1 Å². The van der Waals surface area contributed by atoms with Gasteiger partial charge in [-0.25, -0.2) is 4.98 Å². The number of halogens is 5. The molecule has 41 heavy (non-hydrogen) atoms. The van der Waals surface area contributed by atoms with E-state index in [9.17, 15) is 23.1 Å². The minimum atomic E-state index is -4.51. The first-order valence-corrected chi connectivity index (χ1v) is 14.1. The average Bonchev–Trinajstić information content (AvgIpc) is 3.32. The zero-order valence-corrected chi connectivity index (χ0v) is 23.8. The number of imidazole rings is 1. The van der Waals surface area contributed by atoms with Crippen molar-refractivity contribution in [3.8, 4) is 17.1 Å². The highest BCUT2D eigenvalue weighted by atomic mass is 35.5. The quantitative estimate of drug-likeness (QED) is 0.244. The summed E-state index contributed by atoms with van der Waals surface area (Å²) in [6.45, 7) is 2.33. The summed E-state index contributed by atoms with van der Waals surface area (Å²) in [5, 5.41) is 12.3. The molecule has 1 aliphatic heterocycles. The van der Waals surface area contributed by atoms with Crippen molar-refractivity contribution >= 4 is 29.1 Å². The lowest BCUT2D eigenvalue weighted by molar-refractivity contribution is -0.137. The van der Waals surface area contributed by atoms with Gasteiger partial charge < -0.3 is 10.0 Å². The number of nitrogens with zero attached hydrogens (tertiary/aromatic N) is 3. The Balaban J connectivity index is 1.50. The first kappa shape index (κ1) is 29.2. The fourth-order valence-electron chi connectivity index (χ4n) is 5.29. The number of aliphatic hydroxyl groups is 1. The van der Waals surface area contributed by atoms with Crippen LogP contribution in [0.5, 0.6) is 0 Å². The molecule has 3 aromatic carbocycles. The van der Waals surface area contributed by atoms with Gasteiger partial charge in [-0.3, -0.25) is 9.36 Å². The number of rotatable bonds is 6. The van der Waals surface area contributed by atoms with Crippen molar-refractivity contribution in [2.45, 2.75) is 44.4 Å². The Hall–Kier alpha value is -3.33. The smallest absolute Gasteiger partial charge is 0.385 e. The van der Waals surface area contributed by atoms with E-state index in [4.69, 9.17) is 28.2 Å². The maximum Gasteiger partial charge on any atom is 0.416 e. The molecule has 0 saturated carbocycles. The van der Waals surface area contributed by atoms with Crippen molar-refractivity contribution < 1.29 is 23.1 Å². The van der Waals surface area contributed by atoms with E-state index in [2.05, 4.69) is 0 Å². The molecule has 0 unspecified atom stereocenters. The van der Waals surface area contributed by atoms with Gasteiger partial charge in [-0.2, -0.15) is 13.2 Å². The third-order valence-corrected chi connectivity index (χ3v) is 8.05. The van der Waals surface area contributed by atoms with E-state index < -0.39 is 17.3 Å². The molecule has 5 rings (SSSR count). The zero-order valence-electron chi connectivity index (χ0n) is 22.3. The molecule has 1 N–H and O–H groups in total. The Bertz CT molecular complexity index is 1560. The molecule has 10 heteroatoms. The maximum atomic E-state index is 14.0. The number of hydrogen-bond donors (Lipinski definition) is 1. The number of aromatic nitrogens is 2. The highest BCUT2D eigenvalue weighted by molar-refractivity contribution is 6.33. The standard InChI is InChI=1S/C31H28Cl2F3N3O2/c1-2-6-26-27(37-28(24-9-3-4-10-25(24)33)39(26)23-13-11-22(32)12-14-23)29(40)38-17-15-30(41,16-18-38)20-7-5-8-21(19-20)31(34,35)36/h3-5,7-14,19,41H,2,6,15-18H2,1H3. The number of carbonyl (C=O) groups is 1. The van der Waals surface area contributed by atoms with Gasteiger partial charge >= 0.3 is 6.18 Å². The fraction of sp³-hybridized carbons (Fsp3) is 0.290. The molecule has 2 heterocycles. The van der Waals surface area contributed by atoms with Gasteiger partial charge in [0.25, 0.3) is 5.91 Å². The Kier molecular flexibility index (Phi) is 8.19. The second kappa shape index (κ2) is 11.5. The summed E-state index contributed by atoms with van der Waals surface area (Å²) >= 11 is 12.7. The summed E-state index contributed by atoms with van der Waals surface area (Å²) in [4.78, 5) is 20.4. The van der Waals surface area contributed by atoms with Crippen LogP contribution in [0.25, 0.3) is 17.1 Å². The normalized spacial score (nSPS) is 15.2. The molecule has 1 aliphatic rings. The number of piperidine rings is 1. The van der Waals surface area contributed by atoms with Crippen molar-refractivity contribution in [1.82, 2.24) is 14.5 Å². The Morgan fingerprint density at radius 1 is 1.00 bits per heavy atom. The second-order valence-electron chi connectivity index (χ2n) is 10.2. The zero-order chi connectivity index (χ0) is 29.4. The summed E-state index contributed by atoms with van der Waals surface area (Å²) < 4.78 is 41.8. The summed E-state index contributed by atoms with van der Waals surface area (Å²) in [6, 6.07) is 19.3. The molecule has 1 fully saturated rings. The van der Waals surface area contributed by atoms with E-state index >= 15 is 0 Å². The molecule has 0 aliphatic carbocycles. The summed E-state index contributed by atoms with van der Waals surface area (Å²) in [5.41, 5.74) is 0.338. The summed E-state index contributed by atoms with van der Waals surface area (Å²) in [6.07, 6.45) is -3.02. The molecule has 1 aromatic heterocycles. The topological polar surface area (TPSA) is 58.4 Å². The van der Waals surface area contributed by atoms with Gasteiger partial charge in [0, 0.05) is 29.4 Å². The van der Waals surface area contributed by atoms with Crippen LogP contribution >= 0.6 is 23.2 Å². The van der Waals surface area contributed by atoms with Crippen LogP contribution in [-0.2, 0) is 18.2 Å². The largest absolute Gasteiger partial charge is 0.416 e. The van der Waals surface area contributed by atoms with E-state index in [0.29, 0.717) is 33.5 Å². The van der Waals surface area contributed by atoms with E-state index in [0.717, 1.165) is 24.2 Å². The van der Waals surface area contributed by atoms with Gasteiger partial charge in [0.05, 0.1) is 21.9 Å². The predicted molar refractivity (Wildman–Crippen MR) is 153 cm³/mol. The highest BCUT2D eigenvalue weighted by Crippen LogP contribution is 2.38. The van der Waals surface area contributed by atoms with Crippen LogP contribution in [0.4, 0.5) is 13.2 Å². The number of carbonyl (C=O) groups excluding carboxylic acids is 1. The van der Waals surface area contributed by atoms with Gasteiger partial charge in [-0.15, -0.1) is 0 Å². The molecule has 0 atom stereocenters. The van der Waals surface area contributed by atoms with Gasteiger partial charge in [0.1, 0.15) is 5.82 Å². The minimum absolute atomic E-state index is 0.0957.